The molecule has 0 spiro atoms. The quantitative estimate of drug-likeness (QED) is 0.756. The number of hydrogen-bond acceptors (Lipinski definition) is 5. The van der Waals surface area contributed by atoms with Crippen LogP contribution in [0.4, 0.5) is 0 Å². The van der Waals surface area contributed by atoms with E-state index in [1.54, 1.807) is 0 Å². The van der Waals surface area contributed by atoms with Crippen molar-refractivity contribution in [3.05, 3.63) is 11.6 Å². The summed E-state index contributed by atoms with van der Waals surface area (Å²) in [6, 6.07) is 0.197. The standard InChI is InChI=1S/C10H16N4O2S/c1-7-9-12-13-10(14(9)4-3-11-7)8-2-5-17(15,16)6-8/h7-8,11H,2-6H2,1H3. The van der Waals surface area contributed by atoms with Crippen molar-refractivity contribution < 1.29 is 8.42 Å². The summed E-state index contributed by atoms with van der Waals surface area (Å²) in [5.74, 6) is 2.33. The zero-order valence-corrected chi connectivity index (χ0v) is 10.6. The molecule has 0 saturated carbocycles. The van der Waals surface area contributed by atoms with Gasteiger partial charge in [-0.15, -0.1) is 10.2 Å². The highest BCUT2D eigenvalue weighted by Crippen LogP contribution is 2.29. The second-order valence-electron chi connectivity index (χ2n) is 4.84. The zero-order chi connectivity index (χ0) is 12.0. The fraction of sp³-hybridized carbons (Fsp3) is 0.800. The van der Waals surface area contributed by atoms with Gasteiger partial charge in [-0.1, -0.05) is 0 Å². The molecule has 1 fully saturated rings. The minimum atomic E-state index is -2.86. The third-order valence-corrected chi connectivity index (χ3v) is 5.35. The van der Waals surface area contributed by atoms with Crippen LogP contribution in [0.15, 0.2) is 0 Å². The predicted octanol–water partition coefficient (Wildman–Crippen LogP) is -0.156. The number of nitrogens with one attached hydrogen (secondary N) is 1. The number of hydrogen-bond donors (Lipinski definition) is 1. The Kier molecular flexibility index (Phi) is 2.48. The minimum Gasteiger partial charge on any atom is -0.312 e. The topological polar surface area (TPSA) is 76.9 Å². The fourth-order valence-electron chi connectivity index (χ4n) is 2.66. The van der Waals surface area contributed by atoms with Crippen LogP contribution in [0.5, 0.6) is 0 Å². The molecule has 0 amide bonds. The Labute approximate surface area is 100 Å². The summed E-state index contributed by atoms with van der Waals surface area (Å²) in [5.41, 5.74) is 0. The number of rotatable bonds is 1. The Bertz CT molecular complexity index is 537. The molecule has 17 heavy (non-hydrogen) atoms. The van der Waals surface area contributed by atoms with Crippen LogP contribution in [0.3, 0.4) is 0 Å². The van der Waals surface area contributed by atoms with Crippen molar-refractivity contribution in [2.75, 3.05) is 18.1 Å². The molecule has 1 aromatic rings. The van der Waals surface area contributed by atoms with Crippen molar-refractivity contribution in [2.24, 2.45) is 0 Å². The molecule has 7 heteroatoms. The van der Waals surface area contributed by atoms with Gasteiger partial charge < -0.3 is 9.88 Å². The largest absolute Gasteiger partial charge is 0.312 e. The molecule has 0 aromatic carbocycles. The molecule has 94 valence electrons. The van der Waals surface area contributed by atoms with E-state index >= 15 is 0 Å². The van der Waals surface area contributed by atoms with Crippen LogP contribution < -0.4 is 5.32 Å². The Morgan fingerprint density at radius 2 is 2.12 bits per heavy atom. The predicted molar refractivity (Wildman–Crippen MR) is 62.5 cm³/mol. The third-order valence-electron chi connectivity index (χ3n) is 3.58. The van der Waals surface area contributed by atoms with E-state index in [9.17, 15) is 8.42 Å². The van der Waals surface area contributed by atoms with Gasteiger partial charge in [0.25, 0.3) is 0 Å². The molecule has 2 atom stereocenters. The summed E-state index contributed by atoms with van der Waals surface area (Å²) in [4.78, 5) is 0. The van der Waals surface area contributed by atoms with Gasteiger partial charge in [0.2, 0.25) is 0 Å². The molecular formula is C10H16N4O2S. The van der Waals surface area contributed by atoms with Crippen LogP contribution in [-0.4, -0.2) is 41.2 Å². The normalized spacial score (nSPS) is 31.4. The van der Waals surface area contributed by atoms with Gasteiger partial charge in [-0.2, -0.15) is 0 Å². The van der Waals surface area contributed by atoms with Gasteiger partial charge >= 0.3 is 0 Å². The second-order valence-corrected chi connectivity index (χ2v) is 7.07. The van der Waals surface area contributed by atoms with Gasteiger partial charge in [0, 0.05) is 19.0 Å². The maximum Gasteiger partial charge on any atom is 0.151 e. The lowest BCUT2D eigenvalue weighted by atomic mass is 10.1. The molecule has 0 radical (unpaired) electrons. The third kappa shape index (κ3) is 1.87. The van der Waals surface area contributed by atoms with Crippen LogP contribution in [-0.2, 0) is 16.4 Å². The van der Waals surface area contributed by atoms with E-state index in [1.807, 2.05) is 0 Å². The molecule has 0 bridgehead atoms. The summed E-state index contributed by atoms with van der Waals surface area (Å²) in [6.07, 6.45) is 0.683. The SMILES string of the molecule is CC1NCCn2c(C3CCS(=O)(=O)C3)nnc21. The summed E-state index contributed by atoms with van der Waals surface area (Å²) in [6.45, 7) is 3.77. The first-order chi connectivity index (χ1) is 8.07. The van der Waals surface area contributed by atoms with Crippen molar-refractivity contribution in [1.29, 1.82) is 0 Å². The maximum absolute atomic E-state index is 11.5. The average Bonchev–Trinajstić information content (AvgIpc) is 2.82. The number of fused-ring (bicyclic) bond motifs is 1. The number of sulfone groups is 1. The highest BCUT2D eigenvalue weighted by molar-refractivity contribution is 7.91. The van der Waals surface area contributed by atoms with E-state index in [0.29, 0.717) is 6.42 Å². The zero-order valence-electron chi connectivity index (χ0n) is 9.76. The molecule has 0 aliphatic carbocycles. The van der Waals surface area contributed by atoms with E-state index in [-0.39, 0.29) is 23.5 Å². The first-order valence-electron chi connectivity index (χ1n) is 5.93. The van der Waals surface area contributed by atoms with Crippen molar-refractivity contribution in [1.82, 2.24) is 20.1 Å². The lowest BCUT2D eigenvalue weighted by Crippen LogP contribution is -2.33. The van der Waals surface area contributed by atoms with Crippen LogP contribution >= 0.6 is 0 Å². The van der Waals surface area contributed by atoms with E-state index in [0.717, 1.165) is 24.7 Å². The summed E-state index contributed by atoms with van der Waals surface area (Å²) in [5, 5.41) is 11.7. The first-order valence-corrected chi connectivity index (χ1v) is 7.76. The summed E-state index contributed by atoms with van der Waals surface area (Å²) in [7, 11) is -2.86. The monoisotopic (exact) mass is 256 g/mol. The molecular weight excluding hydrogens is 240 g/mol. The number of nitrogens with zero attached hydrogens (tertiary/aromatic N) is 3. The second kappa shape index (κ2) is 3.78. The first kappa shape index (κ1) is 11.2. The highest BCUT2D eigenvalue weighted by Gasteiger charge is 2.34. The molecule has 1 aromatic heterocycles. The van der Waals surface area contributed by atoms with Crippen LogP contribution in [0, 0.1) is 0 Å². The lowest BCUT2D eigenvalue weighted by Gasteiger charge is -2.22. The molecule has 1 N–H and O–H groups in total. The Balaban J connectivity index is 1.95. The van der Waals surface area contributed by atoms with Crippen molar-refractivity contribution in [2.45, 2.75) is 31.8 Å². The molecule has 2 aliphatic heterocycles. The molecule has 3 heterocycles. The molecule has 2 unspecified atom stereocenters. The molecule has 3 rings (SSSR count). The number of aromatic nitrogens is 3. The van der Waals surface area contributed by atoms with Gasteiger partial charge in [0.15, 0.2) is 9.84 Å². The van der Waals surface area contributed by atoms with Gasteiger partial charge in [-0.05, 0) is 13.3 Å². The minimum absolute atomic E-state index is 0.0338. The van der Waals surface area contributed by atoms with E-state index in [4.69, 9.17) is 0 Å². The average molecular weight is 256 g/mol. The Hall–Kier alpha value is -0.950. The van der Waals surface area contributed by atoms with E-state index in [2.05, 4.69) is 27.0 Å². The van der Waals surface area contributed by atoms with Gasteiger partial charge in [-0.3, -0.25) is 0 Å². The highest BCUT2D eigenvalue weighted by atomic mass is 32.2. The van der Waals surface area contributed by atoms with Crippen molar-refractivity contribution >= 4 is 9.84 Å². The van der Waals surface area contributed by atoms with Gasteiger partial charge in [0.05, 0.1) is 17.5 Å². The molecule has 1 saturated heterocycles. The van der Waals surface area contributed by atoms with Crippen LogP contribution in [0.2, 0.25) is 0 Å². The Morgan fingerprint density at radius 1 is 1.35 bits per heavy atom. The summed E-state index contributed by atoms with van der Waals surface area (Å²) < 4.78 is 25.1. The summed E-state index contributed by atoms with van der Waals surface area (Å²) >= 11 is 0. The Morgan fingerprint density at radius 3 is 2.82 bits per heavy atom. The van der Waals surface area contributed by atoms with Crippen molar-refractivity contribution in [3.8, 4) is 0 Å². The van der Waals surface area contributed by atoms with Crippen molar-refractivity contribution in [3.63, 3.8) is 0 Å². The van der Waals surface area contributed by atoms with E-state index in [1.165, 1.54) is 0 Å². The molecule has 2 aliphatic rings. The maximum atomic E-state index is 11.5. The van der Waals surface area contributed by atoms with Gasteiger partial charge in [0.1, 0.15) is 11.6 Å². The van der Waals surface area contributed by atoms with Gasteiger partial charge in [-0.25, -0.2) is 8.42 Å². The lowest BCUT2D eigenvalue weighted by molar-refractivity contribution is 0.424. The smallest absolute Gasteiger partial charge is 0.151 e. The van der Waals surface area contributed by atoms with Crippen LogP contribution in [0.25, 0.3) is 0 Å². The van der Waals surface area contributed by atoms with Crippen LogP contribution in [0.1, 0.15) is 37.0 Å². The van der Waals surface area contributed by atoms with E-state index < -0.39 is 9.84 Å². The molecule has 6 nitrogen and oxygen atoms in total. The fourth-order valence-corrected chi connectivity index (χ4v) is 4.40.